The van der Waals surface area contributed by atoms with E-state index in [0.717, 1.165) is 6.04 Å². The molecule has 2 fully saturated rings. The summed E-state index contributed by atoms with van der Waals surface area (Å²) < 4.78 is 1.19. The van der Waals surface area contributed by atoms with Gasteiger partial charge in [-0.05, 0) is 49.9 Å². The van der Waals surface area contributed by atoms with Gasteiger partial charge in [0.1, 0.15) is 0 Å². The Morgan fingerprint density at radius 3 is 2.21 bits per heavy atom. The quantitative estimate of drug-likeness (QED) is 0.667. The average Bonchev–Trinajstić information content (AvgIpc) is 2.75. The van der Waals surface area contributed by atoms with Gasteiger partial charge >= 0.3 is 0 Å². The topological polar surface area (TPSA) is 3.24 Å². The molecule has 1 aliphatic heterocycles. The van der Waals surface area contributed by atoms with Crippen LogP contribution in [0.4, 0.5) is 0 Å². The molecule has 2 aliphatic rings. The van der Waals surface area contributed by atoms with Crippen LogP contribution in [0, 0.1) is 0 Å². The van der Waals surface area contributed by atoms with Gasteiger partial charge < -0.3 is 0 Å². The van der Waals surface area contributed by atoms with Crippen LogP contribution >= 0.6 is 15.9 Å². The second kappa shape index (κ2) is 6.41. The van der Waals surface area contributed by atoms with Crippen molar-refractivity contribution in [3.05, 3.63) is 34.3 Å². The van der Waals surface area contributed by atoms with E-state index in [2.05, 4.69) is 45.1 Å². The number of halogens is 1. The second-order valence-electron chi connectivity index (χ2n) is 6.09. The van der Waals surface area contributed by atoms with Crippen molar-refractivity contribution >= 4 is 15.9 Å². The van der Waals surface area contributed by atoms with E-state index in [4.69, 9.17) is 0 Å². The van der Waals surface area contributed by atoms with Crippen LogP contribution in [0.25, 0.3) is 0 Å². The molecule has 1 heterocycles. The summed E-state index contributed by atoms with van der Waals surface area (Å²) in [6, 6.07) is 10.5. The summed E-state index contributed by atoms with van der Waals surface area (Å²) >= 11 is 3.54. The minimum atomic E-state index is 0.677. The number of benzene rings is 1. The van der Waals surface area contributed by atoms with Gasteiger partial charge in [-0.15, -0.1) is 0 Å². The zero-order valence-corrected chi connectivity index (χ0v) is 13.2. The van der Waals surface area contributed by atoms with Gasteiger partial charge in [0.15, 0.2) is 0 Å². The summed E-state index contributed by atoms with van der Waals surface area (Å²) in [6.45, 7) is 1.31. The zero-order chi connectivity index (χ0) is 13.1. The fraction of sp³-hybridized carbons (Fsp3) is 0.647. The van der Waals surface area contributed by atoms with Crippen LogP contribution in [0.2, 0.25) is 0 Å². The van der Waals surface area contributed by atoms with Gasteiger partial charge in [0.25, 0.3) is 0 Å². The molecule has 3 rings (SSSR count). The first-order valence-corrected chi connectivity index (χ1v) is 8.65. The Labute approximate surface area is 125 Å². The summed E-state index contributed by atoms with van der Waals surface area (Å²) in [5, 5.41) is 0. The first-order chi connectivity index (χ1) is 9.34. The summed E-state index contributed by atoms with van der Waals surface area (Å²) in [4.78, 5) is 2.81. The predicted octanol–water partition coefficient (Wildman–Crippen LogP) is 5.31. The molecule has 0 amide bonds. The Morgan fingerprint density at radius 2 is 1.53 bits per heavy atom. The highest BCUT2D eigenvalue weighted by Crippen LogP contribution is 2.37. The number of likely N-dealkylation sites (tertiary alicyclic amines) is 1. The van der Waals surface area contributed by atoms with E-state index in [1.165, 1.54) is 67.9 Å². The van der Waals surface area contributed by atoms with Crippen molar-refractivity contribution in [3.63, 3.8) is 0 Å². The Kier molecular flexibility index (Phi) is 4.60. The van der Waals surface area contributed by atoms with Gasteiger partial charge in [0, 0.05) is 16.6 Å². The first kappa shape index (κ1) is 13.6. The molecular formula is C17H24BrN. The lowest BCUT2D eigenvalue weighted by atomic mass is 10.0. The molecule has 1 unspecified atom stereocenters. The Hall–Kier alpha value is -0.340. The predicted molar refractivity (Wildman–Crippen MR) is 84.3 cm³/mol. The average molecular weight is 322 g/mol. The Morgan fingerprint density at radius 1 is 0.842 bits per heavy atom. The smallest absolute Gasteiger partial charge is 0.0351 e. The van der Waals surface area contributed by atoms with E-state index in [9.17, 15) is 0 Å². The largest absolute Gasteiger partial charge is 0.293 e. The van der Waals surface area contributed by atoms with Crippen LogP contribution in [0.3, 0.4) is 0 Å². The molecule has 1 nitrogen and oxygen atoms in total. The molecule has 1 aliphatic carbocycles. The number of nitrogens with zero attached hydrogens (tertiary/aromatic N) is 1. The van der Waals surface area contributed by atoms with Gasteiger partial charge in [-0.3, -0.25) is 4.90 Å². The Balaban J connectivity index is 1.74. The van der Waals surface area contributed by atoms with E-state index in [1.807, 2.05) is 0 Å². The van der Waals surface area contributed by atoms with Gasteiger partial charge in [-0.1, -0.05) is 53.7 Å². The lowest BCUT2D eigenvalue weighted by molar-refractivity contribution is 0.164. The highest BCUT2D eigenvalue weighted by atomic mass is 79.9. The maximum atomic E-state index is 3.54. The number of hydrogen-bond acceptors (Lipinski definition) is 1. The van der Waals surface area contributed by atoms with Crippen molar-refractivity contribution in [1.29, 1.82) is 0 Å². The van der Waals surface area contributed by atoms with Crippen molar-refractivity contribution in [2.45, 2.75) is 63.5 Å². The summed E-state index contributed by atoms with van der Waals surface area (Å²) in [6.07, 6.45) is 11.3. The van der Waals surface area contributed by atoms with E-state index in [0.29, 0.717) is 6.04 Å². The molecule has 1 aromatic carbocycles. The first-order valence-electron chi connectivity index (χ1n) is 7.86. The van der Waals surface area contributed by atoms with Crippen LogP contribution in [0.5, 0.6) is 0 Å². The molecule has 0 N–H and O–H groups in total. The molecular weight excluding hydrogens is 298 g/mol. The van der Waals surface area contributed by atoms with E-state index in [1.54, 1.807) is 0 Å². The maximum absolute atomic E-state index is 3.54. The lowest BCUT2D eigenvalue weighted by Gasteiger charge is -2.33. The van der Waals surface area contributed by atoms with E-state index >= 15 is 0 Å². The number of hydrogen-bond donors (Lipinski definition) is 0. The molecule has 2 heteroatoms. The lowest BCUT2D eigenvalue weighted by Crippen LogP contribution is -2.34. The van der Waals surface area contributed by atoms with Crippen molar-refractivity contribution in [1.82, 2.24) is 4.90 Å². The molecule has 104 valence electrons. The van der Waals surface area contributed by atoms with Crippen molar-refractivity contribution < 1.29 is 0 Å². The summed E-state index contributed by atoms with van der Waals surface area (Å²) in [5.41, 5.74) is 1.52. The Bertz CT molecular complexity index is 392. The van der Waals surface area contributed by atoms with Gasteiger partial charge in [0.2, 0.25) is 0 Å². The maximum Gasteiger partial charge on any atom is 0.0351 e. The second-order valence-corrected chi connectivity index (χ2v) is 7.01. The SMILES string of the molecule is Brc1ccc(C2CCCN2C2CCCCCC2)cc1. The summed E-state index contributed by atoms with van der Waals surface area (Å²) in [5.74, 6) is 0. The van der Waals surface area contributed by atoms with Crippen molar-refractivity contribution in [2.75, 3.05) is 6.54 Å². The molecule has 1 aromatic rings. The fourth-order valence-electron chi connectivity index (χ4n) is 3.86. The van der Waals surface area contributed by atoms with Crippen LogP contribution < -0.4 is 0 Å². The molecule has 1 saturated carbocycles. The molecule has 1 saturated heterocycles. The molecule has 1 atom stereocenters. The van der Waals surface area contributed by atoms with Gasteiger partial charge in [-0.25, -0.2) is 0 Å². The third-order valence-corrected chi connectivity index (χ3v) is 5.37. The van der Waals surface area contributed by atoms with Crippen LogP contribution in [-0.2, 0) is 0 Å². The minimum Gasteiger partial charge on any atom is -0.293 e. The zero-order valence-electron chi connectivity index (χ0n) is 11.7. The third kappa shape index (κ3) is 3.22. The highest BCUT2D eigenvalue weighted by molar-refractivity contribution is 9.10. The van der Waals surface area contributed by atoms with Gasteiger partial charge in [-0.2, -0.15) is 0 Å². The van der Waals surface area contributed by atoms with E-state index in [-0.39, 0.29) is 0 Å². The van der Waals surface area contributed by atoms with Crippen LogP contribution in [0.1, 0.15) is 63.0 Å². The number of rotatable bonds is 2. The standard InChI is InChI=1S/C17H24BrN/c18-15-11-9-14(10-12-15)17-8-5-13-19(17)16-6-3-1-2-4-7-16/h9-12,16-17H,1-8,13H2. The van der Waals surface area contributed by atoms with E-state index < -0.39 is 0 Å². The normalized spacial score (nSPS) is 26.5. The summed E-state index contributed by atoms with van der Waals surface area (Å²) in [7, 11) is 0. The molecule has 0 spiro atoms. The molecule has 19 heavy (non-hydrogen) atoms. The van der Waals surface area contributed by atoms with Crippen LogP contribution in [0.15, 0.2) is 28.7 Å². The monoisotopic (exact) mass is 321 g/mol. The van der Waals surface area contributed by atoms with Gasteiger partial charge in [0.05, 0.1) is 0 Å². The fourth-order valence-corrected chi connectivity index (χ4v) is 4.12. The van der Waals surface area contributed by atoms with Crippen molar-refractivity contribution in [3.8, 4) is 0 Å². The molecule has 0 radical (unpaired) electrons. The minimum absolute atomic E-state index is 0.677. The molecule has 0 aromatic heterocycles. The third-order valence-electron chi connectivity index (χ3n) is 4.84. The highest BCUT2D eigenvalue weighted by Gasteiger charge is 2.31. The van der Waals surface area contributed by atoms with Crippen molar-refractivity contribution in [2.24, 2.45) is 0 Å². The van der Waals surface area contributed by atoms with Crippen LogP contribution in [-0.4, -0.2) is 17.5 Å². The molecule has 0 bridgehead atoms.